The van der Waals surface area contributed by atoms with Crippen LogP contribution in [0.3, 0.4) is 0 Å². The van der Waals surface area contributed by atoms with Crippen LogP contribution in [0.2, 0.25) is 0 Å². The van der Waals surface area contributed by atoms with Crippen LogP contribution in [-0.4, -0.2) is 24.2 Å². The van der Waals surface area contributed by atoms with Gasteiger partial charge in [0.1, 0.15) is 5.82 Å². The molecule has 1 aromatic carbocycles. The first kappa shape index (κ1) is 17.2. The van der Waals surface area contributed by atoms with E-state index >= 15 is 0 Å². The molecule has 0 radical (unpaired) electrons. The zero-order valence-corrected chi connectivity index (χ0v) is 12.6. The molecule has 1 aromatic rings. The Morgan fingerprint density at radius 2 is 2.10 bits per heavy atom. The van der Waals surface area contributed by atoms with Gasteiger partial charge in [-0.2, -0.15) is 0 Å². The normalized spacial score (nSPS) is 10.1. The molecule has 0 spiro atoms. The van der Waals surface area contributed by atoms with E-state index < -0.39 is 11.7 Å². The number of hydrogen-bond acceptors (Lipinski definition) is 2. The number of carbonyl (C=O) groups is 1. The molecule has 4 heteroatoms. The highest BCUT2D eigenvalue weighted by atomic mass is 19.1. The molecule has 0 heterocycles. The van der Waals surface area contributed by atoms with Crippen molar-refractivity contribution in [2.75, 3.05) is 13.2 Å². The first-order chi connectivity index (χ1) is 10.1. The Morgan fingerprint density at radius 1 is 1.38 bits per heavy atom. The minimum atomic E-state index is -0.576. The van der Waals surface area contributed by atoms with Crippen LogP contribution in [0.5, 0.6) is 0 Å². The minimum Gasteiger partial charge on any atom is -0.395 e. The Morgan fingerprint density at radius 3 is 2.67 bits per heavy atom. The van der Waals surface area contributed by atoms with Crippen LogP contribution in [0.15, 0.2) is 18.2 Å². The van der Waals surface area contributed by atoms with Gasteiger partial charge in [0.15, 0.2) is 0 Å². The maximum atomic E-state index is 13.9. The van der Waals surface area contributed by atoms with E-state index in [0.29, 0.717) is 24.4 Å². The maximum Gasteiger partial charge on any atom is 0.254 e. The third-order valence-corrected chi connectivity index (χ3v) is 3.39. The zero-order valence-electron chi connectivity index (χ0n) is 12.6. The first-order valence-corrected chi connectivity index (χ1v) is 7.29. The lowest BCUT2D eigenvalue weighted by molar-refractivity contribution is 0.0942. The van der Waals surface area contributed by atoms with Crippen molar-refractivity contribution >= 4 is 5.91 Å². The van der Waals surface area contributed by atoms with Gasteiger partial charge in [0, 0.05) is 18.5 Å². The summed E-state index contributed by atoms with van der Waals surface area (Å²) in [7, 11) is 0. The van der Waals surface area contributed by atoms with Gasteiger partial charge in [0.2, 0.25) is 0 Å². The first-order valence-electron chi connectivity index (χ1n) is 7.29. The molecule has 1 rings (SSSR count). The third-order valence-electron chi connectivity index (χ3n) is 3.39. The summed E-state index contributed by atoms with van der Waals surface area (Å²) in [6, 6.07) is 4.30. The second-order valence-corrected chi connectivity index (χ2v) is 4.86. The van der Waals surface area contributed by atoms with Crippen molar-refractivity contribution in [1.29, 1.82) is 0 Å². The van der Waals surface area contributed by atoms with Gasteiger partial charge in [-0.3, -0.25) is 4.79 Å². The quantitative estimate of drug-likeness (QED) is 0.792. The summed E-state index contributed by atoms with van der Waals surface area (Å²) < 4.78 is 13.9. The molecule has 0 atom stereocenters. The van der Waals surface area contributed by atoms with Crippen LogP contribution in [-0.2, 0) is 0 Å². The molecule has 0 saturated carbocycles. The lowest BCUT2D eigenvalue weighted by atomic mass is 10.0. The highest BCUT2D eigenvalue weighted by Gasteiger charge is 2.13. The van der Waals surface area contributed by atoms with Crippen LogP contribution >= 0.6 is 0 Å². The van der Waals surface area contributed by atoms with Gasteiger partial charge in [-0.15, -0.1) is 0 Å². The molecule has 114 valence electrons. The fraction of sp³-hybridized carbons (Fsp3) is 0.471. The summed E-state index contributed by atoms with van der Waals surface area (Å²) in [4.78, 5) is 12.0. The second kappa shape index (κ2) is 9.15. The van der Waals surface area contributed by atoms with E-state index in [1.54, 1.807) is 6.07 Å². The van der Waals surface area contributed by atoms with Crippen molar-refractivity contribution in [2.45, 2.75) is 33.1 Å². The summed E-state index contributed by atoms with van der Waals surface area (Å²) in [5, 5.41) is 11.4. The largest absolute Gasteiger partial charge is 0.395 e. The number of aliphatic hydroxyl groups is 1. The van der Waals surface area contributed by atoms with Gasteiger partial charge in [-0.1, -0.05) is 38.5 Å². The minimum absolute atomic E-state index is 0.0218. The van der Waals surface area contributed by atoms with Gasteiger partial charge in [0.25, 0.3) is 5.91 Å². The van der Waals surface area contributed by atoms with Crippen molar-refractivity contribution in [2.24, 2.45) is 5.92 Å². The average molecular weight is 291 g/mol. The standard InChI is InChI=1S/C17H22FNO2/c1-3-13(4-2)12-19-17(21)15-9-8-14(11-16(15)18)7-5-6-10-20/h8-9,11,13,20H,3-4,6,10,12H2,1-2H3,(H,19,21). The molecule has 2 N–H and O–H groups in total. The summed E-state index contributed by atoms with van der Waals surface area (Å²) in [6.45, 7) is 4.68. The van der Waals surface area contributed by atoms with Crippen molar-refractivity contribution in [1.82, 2.24) is 5.32 Å². The predicted molar refractivity (Wildman–Crippen MR) is 81.4 cm³/mol. The lowest BCUT2D eigenvalue weighted by Crippen LogP contribution is -2.29. The number of benzene rings is 1. The topological polar surface area (TPSA) is 49.3 Å². The van der Waals surface area contributed by atoms with Crippen molar-refractivity contribution < 1.29 is 14.3 Å². The number of halogens is 1. The summed E-state index contributed by atoms with van der Waals surface area (Å²) in [5.74, 6) is 4.90. The van der Waals surface area contributed by atoms with Crippen LogP contribution in [0.4, 0.5) is 4.39 Å². The molecule has 0 aliphatic rings. The molecule has 21 heavy (non-hydrogen) atoms. The molecule has 0 fully saturated rings. The molecular formula is C17H22FNO2. The van der Waals surface area contributed by atoms with Gasteiger partial charge in [-0.25, -0.2) is 4.39 Å². The predicted octanol–water partition coefficient (Wildman–Crippen LogP) is 2.73. The lowest BCUT2D eigenvalue weighted by Gasteiger charge is -2.13. The Labute approximate surface area is 125 Å². The molecule has 0 aromatic heterocycles. The average Bonchev–Trinajstić information content (AvgIpc) is 2.48. The van der Waals surface area contributed by atoms with E-state index in [1.165, 1.54) is 12.1 Å². The monoisotopic (exact) mass is 291 g/mol. The second-order valence-electron chi connectivity index (χ2n) is 4.86. The van der Waals surface area contributed by atoms with Crippen molar-refractivity contribution in [3.63, 3.8) is 0 Å². The summed E-state index contributed by atoms with van der Waals surface area (Å²) >= 11 is 0. The maximum absolute atomic E-state index is 13.9. The van der Waals surface area contributed by atoms with Gasteiger partial charge in [-0.05, 0) is 24.1 Å². The molecule has 0 saturated heterocycles. The molecule has 1 amide bonds. The van der Waals surface area contributed by atoms with Gasteiger partial charge < -0.3 is 10.4 Å². The Hall–Kier alpha value is -1.86. The fourth-order valence-electron chi connectivity index (χ4n) is 1.91. The van der Waals surface area contributed by atoms with E-state index in [-0.39, 0.29) is 12.2 Å². The van der Waals surface area contributed by atoms with E-state index in [2.05, 4.69) is 31.0 Å². The number of hydrogen-bond donors (Lipinski definition) is 2. The van der Waals surface area contributed by atoms with Gasteiger partial charge in [0.05, 0.1) is 12.2 Å². The summed E-state index contributed by atoms with van der Waals surface area (Å²) in [6.07, 6.45) is 2.32. The molecule has 3 nitrogen and oxygen atoms in total. The number of aliphatic hydroxyl groups excluding tert-OH is 1. The fourth-order valence-corrected chi connectivity index (χ4v) is 1.91. The Balaban J connectivity index is 2.71. The molecule has 0 unspecified atom stereocenters. The highest BCUT2D eigenvalue weighted by molar-refractivity contribution is 5.94. The van der Waals surface area contributed by atoms with E-state index in [1.807, 2.05) is 0 Å². The zero-order chi connectivity index (χ0) is 15.7. The van der Waals surface area contributed by atoms with E-state index in [9.17, 15) is 9.18 Å². The molecule has 0 aliphatic heterocycles. The number of nitrogens with one attached hydrogen (secondary N) is 1. The molecule has 0 aliphatic carbocycles. The van der Waals surface area contributed by atoms with Crippen molar-refractivity contribution in [3.05, 3.63) is 35.1 Å². The van der Waals surface area contributed by atoms with Crippen molar-refractivity contribution in [3.8, 4) is 11.8 Å². The van der Waals surface area contributed by atoms with Crippen LogP contribution in [0.25, 0.3) is 0 Å². The third kappa shape index (κ3) is 5.57. The van der Waals surface area contributed by atoms with Crippen LogP contribution < -0.4 is 5.32 Å². The Bertz CT molecular complexity index is 527. The molecular weight excluding hydrogens is 269 g/mol. The highest BCUT2D eigenvalue weighted by Crippen LogP contribution is 2.11. The number of amides is 1. The number of carbonyl (C=O) groups excluding carboxylic acids is 1. The summed E-state index contributed by atoms with van der Waals surface area (Å²) in [5.41, 5.74) is 0.533. The molecule has 0 bridgehead atoms. The van der Waals surface area contributed by atoms with Crippen LogP contribution in [0.1, 0.15) is 49.0 Å². The smallest absolute Gasteiger partial charge is 0.254 e. The van der Waals surface area contributed by atoms with Crippen LogP contribution in [0, 0.1) is 23.6 Å². The van der Waals surface area contributed by atoms with E-state index in [0.717, 1.165) is 12.8 Å². The number of rotatable bonds is 6. The SMILES string of the molecule is CCC(CC)CNC(=O)c1ccc(C#CCCO)cc1F. The Kier molecular flexibility index (Phi) is 7.49. The van der Waals surface area contributed by atoms with Gasteiger partial charge >= 0.3 is 0 Å². The van der Waals surface area contributed by atoms with E-state index in [4.69, 9.17) is 5.11 Å².